The van der Waals surface area contributed by atoms with Gasteiger partial charge in [-0.15, -0.1) is 0 Å². The van der Waals surface area contributed by atoms with Crippen molar-refractivity contribution in [3.63, 3.8) is 0 Å². The smallest absolute Gasteiger partial charge is 0.349 e. The Hall–Kier alpha value is -1.81. The van der Waals surface area contributed by atoms with Gasteiger partial charge in [0.05, 0.1) is 5.02 Å². The molecule has 0 radical (unpaired) electrons. The van der Waals surface area contributed by atoms with Gasteiger partial charge < -0.3 is 9.73 Å². The molecule has 1 fully saturated rings. The Bertz CT molecular complexity index is 688. The van der Waals surface area contributed by atoms with Crippen LogP contribution in [0.15, 0.2) is 33.5 Å². The SMILES string of the molecule is O=C(NC1CC1)c1cc2cccc(Cl)c2oc1=O. The Labute approximate surface area is 108 Å². The molecule has 0 saturated heterocycles. The summed E-state index contributed by atoms with van der Waals surface area (Å²) >= 11 is 5.92. The highest BCUT2D eigenvalue weighted by atomic mass is 35.5. The number of nitrogens with one attached hydrogen (secondary N) is 1. The number of hydrogen-bond acceptors (Lipinski definition) is 3. The predicted octanol–water partition coefficient (Wildman–Crippen LogP) is 2.34. The molecule has 3 rings (SSSR count). The predicted molar refractivity (Wildman–Crippen MR) is 68.0 cm³/mol. The molecule has 2 aromatic rings. The van der Waals surface area contributed by atoms with Crippen LogP contribution in [0.1, 0.15) is 23.2 Å². The summed E-state index contributed by atoms with van der Waals surface area (Å²) in [6, 6.07) is 6.85. The molecule has 0 bridgehead atoms. The van der Waals surface area contributed by atoms with Gasteiger partial charge in [0.2, 0.25) is 0 Å². The molecule has 1 heterocycles. The highest BCUT2D eigenvalue weighted by molar-refractivity contribution is 6.34. The van der Waals surface area contributed by atoms with Crippen molar-refractivity contribution in [2.45, 2.75) is 18.9 Å². The molecule has 4 nitrogen and oxygen atoms in total. The summed E-state index contributed by atoms with van der Waals surface area (Å²) in [6.45, 7) is 0. The zero-order valence-corrected chi connectivity index (χ0v) is 10.2. The van der Waals surface area contributed by atoms with Crippen molar-refractivity contribution >= 4 is 28.5 Å². The average Bonchev–Trinajstić information content (AvgIpc) is 3.13. The topological polar surface area (TPSA) is 59.3 Å². The van der Waals surface area contributed by atoms with E-state index in [1.807, 2.05) is 0 Å². The maximum Gasteiger partial charge on any atom is 0.349 e. The minimum Gasteiger partial charge on any atom is -0.421 e. The fourth-order valence-electron chi connectivity index (χ4n) is 1.76. The average molecular weight is 264 g/mol. The second-order valence-electron chi connectivity index (χ2n) is 4.35. The van der Waals surface area contributed by atoms with Crippen LogP contribution >= 0.6 is 11.6 Å². The van der Waals surface area contributed by atoms with Gasteiger partial charge in [-0.25, -0.2) is 4.79 Å². The van der Waals surface area contributed by atoms with Crippen LogP contribution in [0.5, 0.6) is 0 Å². The molecule has 1 aromatic carbocycles. The summed E-state index contributed by atoms with van der Waals surface area (Å²) in [6.07, 6.45) is 1.94. The van der Waals surface area contributed by atoms with E-state index in [-0.39, 0.29) is 17.5 Å². The Balaban J connectivity index is 2.09. The quantitative estimate of drug-likeness (QED) is 0.846. The lowest BCUT2D eigenvalue weighted by Crippen LogP contribution is -2.29. The summed E-state index contributed by atoms with van der Waals surface area (Å²) in [5, 5.41) is 3.76. The number of para-hydroxylation sites is 1. The molecule has 1 amide bonds. The van der Waals surface area contributed by atoms with Crippen LogP contribution in [-0.4, -0.2) is 11.9 Å². The molecule has 0 atom stereocenters. The normalized spacial score (nSPS) is 14.7. The van der Waals surface area contributed by atoms with Gasteiger partial charge in [0, 0.05) is 11.4 Å². The van der Waals surface area contributed by atoms with Gasteiger partial charge in [0.15, 0.2) is 5.58 Å². The third-order valence-electron chi connectivity index (χ3n) is 2.87. The van der Waals surface area contributed by atoms with E-state index in [0.29, 0.717) is 16.0 Å². The molecule has 1 aliphatic rings. The Kier molecular flexibility index (Phi) is 2.59. The third kappa shape index (κ3) is 1.99. The van der Waals surface area contributed by atoms with Crippen LogP contribution in [0.3, 0.4) is 0 Å². The first-order valence-corrected chi connectivity index (χ1v) is 6.06. The van der Waals surface area contributed by atoms with Crippen LogP contribution in [0.4, 0.5) is 0 Å². The highest BCUT2D eigenvalue weighted by Crippen LogP contribution is 2.23. The number of benzene rings is 1. The zero-order chi connectivity index (χ0) is 12.7. The van der Waals surface area contributed by atoms with E-state index in [9.17, 15) is 9.59 Å². The number of hydrogen-bond donors (Lipinski definition) is 1. The minimum atomic E-state index is -0.659. The van der Waals surface area contributed by atoms with Crippen molar-refractivity contribution in [3.05, 3.63) is 45.3 Å². The van der Waals surface area contributed by atoms with E-state index in [1.54, 1.807) is 18.2 Å². The van der Waals surface area contributed by atoms with E-state index >= 15 is 0 Å². The molecule has 0 unspecified atom stereocenters. The molecule has 92 valence electrons. The van der Waals surface area contributed by atoms with Gasteiger partial charge in [0.1, 0.15) is 5.56 Å². The molecular formula is C13H10ClNO3. The maximum atomic E-state index is 11.8. The van der Waals surface area contributed by atoms with Crippen molar-refractivity contribution < 1.29 is 9.21 Å². The van der Waals surface area contributed by atoms with E-state index in [1.165, 1.54) is 6.07 Å². The third-order valence-corrected chi connectivity index (χ3v) is 3.17. The van der Waals surface area contributed by atoms with Gasteiger partial charge in [-0.05, 0) is 25.0 Å². The number of fused-ring (bicyclic) bond motifs is 1. The number of halogens is 1. The lowest BCUT2D eigenvalue weighted by Gasteiger charge is -2.04. The van der Waals surface area contributed by atoms with Crippen LogP contribution in [0.25, 0.3) is 11.0 Å². The number of carbonyl (C=O) groups is 1. The largest absolute Gasteiger partial charge is 0.421 e. The van der Waals surface area contributed by atoms with Crippen molar-refractivity contribution in [2.75, 3.05) is 0 Å². The van der Waals surface area contributed by atoms with Crippen LogP contribution in [0, 0.1) is 0 Å². The molecule has 1 saturated carbocycles. The van der Waals surface area contributed by atoms with Crippen molar-refractivity contribution in [1.82, 2.24) is 5.32 Å². The summed E-state index contributed by atoms with van der Waals surface area (Å²) < 4.78 is 5.10. The standard InChI is InChI=1S/C13H10ClNO3/c14-10-3-1-2-7-6-9(13(17)18-11(7)10)12(16)15-8-4-5-8/h1-3,6,8H,4-5H2,(H,15,16). The van der Waals surface area contributed by atoms with Gasteiger partial charge in [-0.2, -0.15) is 0 Å². The summed E-state index contributed by atoms with van der Waals surface area (Å²) in [7, 11) is 0. The second-order valence-corrected chi connectivity index (χ2v) is 4.76. The Morgan fingerprint density at radius 1 is 1.39 bits per heavy atom. The van der Waals surface area contributed by atoms with Crippen LogP contribution in [-0.2, 0) is 0 Å². The summed E-state index contributed by atoms with van der Waals surface area (Å²) in [5.74, 6) is -0.381. The fraction of sp³-hybridized carbons (Fsp3) is 0.231. The van der Waals surface area contributed by atoms with Crippen molar-refractivity contribution in [1.29, 1.82) is 0 Å². The first-order valence-electron chi connectivity index (χ1n) is 5.68. The molecule has 0 aliphatic heterocycles. The summed E-state index contributed by atoms with van der Waals surface area (Å²) in [5.41, 5.74) is -0.322. The van der Waals surface area contributed by atoms with Gasteiger partial charge in [-0.3, -0.25) is 4.79 Å². The van der Waals surface area contributed by atoms with E-state index in [2.05, 4.69) is 5.32 Å². The van der Waals surface area contributed by atoms with E-state index in [0.717, 1.165) is 12.8 Å². The van der Waals surface area contributed by atoms with Gasteiger partial charge in [0.25, 0.3) is 5.91 Å². The maximum absolute atomic E-state index is 11.8. The molecule has 1 N–H and O–H groups in total. The first kappa shape index (κ1) is 11.3. The Morgan fingerprint density at radius 3 is 2.89 bits per heavy atom. The van der Waals surface area contributed by atoms with Gasteiger partial charge in [-0.1, -0.05) is 23.7 Å². The molecule has 1 aliphatic carbocycles. The molecular weight excluding hydrogens is 254 g/mol. The summed E-state index contributed by atoms with van der Waals surface area (Å²) in [4.78, 5) is 23.6. The van der Waals surface area contributed by atoms with Gasteiger partial charge >= 0.3 is 5.63 Å². The highest BCUT2D eigenvalue weighted by Gasteiger charge is 2.25. The van der Waals surface area contributed by atoms with Crippen LogP contribution in [0.2, 0.25) is 5.02 Å². The lowest BCUT2D eigenvalue weighted by atomic mass is 10.2. The number of amides is 1. The molecule has 1 aromatic heterocycles. The van der Waals surface area contributed by atoms with E-state index in [4.69, 9.17) is 16.0 Å². The van der Waals surface area contributed by atoms with E-state index < -0.39 is 5.63 Å². The molecule has 0 spiro atoms. The zero-order valence-electron chi connectivity index (χ0n) is 9.40. The Morgan fingerprint density at radius 2 is 2.17 bits per heavy atom. The molecule has 5 heteroatoms. The lowest BCUT2D eigenvalue weighted by molar-refractivity contribution is 0.0947. The van der Waals surface area contributed by atoms with Crippen LogP contribution < -0.4 is 10.9 Å². The minimum absolute atomic E-state index is 0.0247. The number of rotatable bonds is 2. The first-order chi connectivity index (χ1) is 8.65. The van der Waals surface area contributed by atoms with Crippen molar-refractivity contribution in [2.24, 2.45) is 0 Å². The second kappa shape index (κ2) is 4.14. The number of carbonyl (C=O) groups excluding carboxylic acids is 1. The fourth-order valence-corrected chi connectivity index (χ4v) is 1.98. The molecule has 18 heavy (non-hydrogen) atoms. The monoisotopic (exact) mass is 263 g/mol. The van der Waals surface area contributed by atoms with Crippen molar-refractivity contribution in [3.8, 4) is 0 Å².